The number of esters is 1. The van der Waals surface area contributed by atoms with Crippen molar-refractivity contribution in [3.63, 3.8) is 0 Å². The second-order valence-electron chi connectivity index (χ2n) is 6.07. The van der Waals surface area contributed by atoms with E-state index >= 15 is 0 Å². The van der Waals surface area contributed by atoms with Gasteiger partial charge in [-0.1, -0.05) is 11.8 Å². The maximum absolute atomic E-state index is 11.4. The molecule has 0 amide bonds. The standard InChI is InChI=1S/C15H21N3O2S/c1-20-13(19)6-15(4-5-15)10-21-14-17-8-11(9-18-14)7-16-12-2-3-12/h8-9,12,16H,2-7,10H2,1H3. The topological polar surface area (TPSA) is 64.1 Å². The lowest BCUT2D eigenvalue weighted by Gasteiger charge is -2.12. The van der Waals surface area contributed by atoms with Gasteiger partial charge in [-0.3, -0.25) is 4.79 Å². The van der Waals surface area contributed by atoms with E-state index in [1.165, 1.54) is 20.0 Å². The van der Waals surface area contributed by atoms with Gasteiger partial charge >= 0.3 is 5.97 Å². The predicted octanol–water partition coefficient (Wildman–Crippen LogP) is 2.16. The van der Waals surface area contributed by atoms with Crippen molar-refractivity contribution in [3.8, 4) is 0 Å². The molecule has 2 fully saturated rings. The normalized spacial score (nSPS) is 19.3. The summed E-state index contributed by atoms with van der Waals surface area (Å²) in [5.41, 5.74) is 1.25. The van der Waals surface area contributed by atoms with Gasteiger partial charge in [0.1, 0.15) is 0 Å². The second-order valence-corrected chi connectivity index (χ2v) is 7.01. The van der Waals surface area contributed by atoms with Crippen LogP contribution in [0.5, 0.6) is 0 Å². The molecule has 1 aromatic heterocycles. The fraction of sp³-hybridized carbons (Fsp3) is 0.667. The summed E-state index contributed by atoms with van der Waals surface area (Å²) in [6, 6.07) is 0.701. The molecular weight excluding hydrogens is 286 g/mol. The molecular formula is C15H21N3O2S. The Bertz CT molecular complexity index is 498. The summed E-state index contributed by atoms with van der Waals surface area (Å²) in [5.74, 6) is 0.775. The molecule has 2 aliphatic rings. The van der Waals surface area contributed by atoms with Crippen LogP contribution in [0.3, 0.4) is 0 Å². The number of hydrogen-bond acceptors (Lipinski definition) is 6. The van der Waals surface area contributed by atoms with E-state index in [-0.39, 0.29) is 11.4 Å². The lowest BCUT2D eigenvalue weighted by atomic mass is 10.1. The van der Waals surface area contributed by atoms with Crippen LogP contribution in [0.25, 0.3) is 0 Å². The summed E-state index contributed by atoms with van der Waals surface area (Å²) in [4.78, 5) is 20.2. The number of aromatic nitrogens is 2. The van der Waals surface area contributed by atoms with Gasteiger partial charge in [0.25, 0.3) is 0 Å². The van der Waals surface area contributed by atoms with Crippen LogP contribution in [0, 0.1) is 5.41 Å². The minimum atomic E-state index is -0.115. The largest absolute Gasteiger partial charge is 0.469 e. The van der Waals surface area contributed by atoms with E-state index < -0.39 is 0 Å². The van der Waals surface area contributed by atoms with Crippen molar-refractivity contribution in [2.75, 3.05) is 12.9 Å². The Balaban J connectivity index is 1.45. The summed E-state index contributed by atoms with van der Waals surface area (Å²) >= 11 is 1.64. The monoisotopic (exact) mass is 307 g/mol. The second kappa shape index (κ2) is 6.32. The Morgan fingerprint density at radius 1 is 1.43 bits per heavy atom. The average Bonchev–Trinajstić information content (AvgIpc) is 3.41. The van der Waals surface area contributed by atoms with Crippen LogP contribution in [0.2, 0.25) is 0 Å². The maximum atomic E-state index is 11.4. The van der Waals surface area contributed by atoms with Crippen LogP contribution in [0.15, 0.2) is 17.6 Å². The van der Waals surface area contributed by atoms with Crippen LogP contribution in [-0.2, 0) is 16.1 Å². The molecule has 2 aliphatic carbocycles. The quantitative estimate of drug-likeness (QED) is 0.451. The van der Waals surface area contributed by atoms with E-state index in [1.807, 2.05) is 12.4 Å². The summed E-state index contributed by atoms with van der Waals surface area (Å²) < 4.78 is 4.76. The van der Waals surface area contributed by atoms with Crippen LogP contribution in [0.4, 0.5) is 0 Å². The summed E-state index contributed by atoms with van der Waals surface area (Å²) in [6.45, 7) is 0.849. The molecule has 6 heteroatoms. The molecule has 114 valence electrons. The maximum Gasteiger partial charge on any atom is 0.306 e. The minimum absolute atomic E-state index is 0.115. The molecule has 0 saturated heterocycles. The number of nitrogens with zero attached hydrogens (tertiary/aromatic N) is 2. The molecule has 21 heavy (non-hydrogen) atoms. The van der Waals surface area contributed by atoms with Gasteiger partial charge in [-0.15, -0.1) is 0 Å². The molecule has 0 aliphatic heterocycles. The Kier molecular flexibility index (Phi) is 4.45. The first-order chi connectivity index (χ1) is 10.2. The predicted molar refractivity (Wildman–Crippen MR) is 80.9 cm³/mol. The Morgan fingerprint density at radius 2 is 2.14 bits per heavy atom. The van der Waals surface area contributed by atoms with Gasteiger partial charge in [0.15, 0.2) is 5.16 Å². The highest BCUT2D eigenvalue weighted by Gasteiger charge is 2.44. The van der Waals surface area contributed by atoms with Crippen molar-refractivity contribution in [1.29, 1.82) is 0 Å². The number of thioether (sulfide) groups is 1. The van der Waals surface area contributed by atoms with Crippen molar-refractivity contribution >= 4 is 17.7 Å². The number of nitrogens with one attached hydrogen (secondary N) is 1. The van der Waals surface area contributed by atoms with Gasteiger partial charge in [0.2, 0.25) is 0 Å². The lowest BCUT2D eigenvalue weighted by Crippen LogP contribution is -2.15. The molecule has 0 atom stereocenters. The first-order valence-corrected chi connectivity index (χ1v) is 8.42. The number of rotatable bonds is 8. The van der Waals surface area contributed by atoms with Gasteiger partial charge in [0, 0.05) is 36.3 Å². The summed E-state index contributed by atoms with van der Waals surface area (Å²) in [5, 5.41) is 4.24. The van der Waals surface area contributed by atoms with Gasteiger partial charge in [0.05, 0.1) is 13.5 Å². The zero-order valence-corrected chi connectivity index (χ0v) is 13.1. The summed E-state index contributed by atoms with van der Waals surface area (Å²) in [7, 11) is 1.45. The zero-order valence-electron chi connectivity index (χ0n) is 12.3. The number of hydrogen-bond donors (Lipinski definition) is 1. The molecule has 5 nitrogen and oxygen atoms in total. The van der Waals surface area contributed by atoms with E-state index in [1.54, 1.807) is 11.8 Å². The van der Waals surface area contributed by atoms with Crippen LogP contribution in [-0.4, -0.2) is 34.8 Å². The number of carbonyl (C=O) groups is 1. The van der Waals surface area contributed by atoms with Gasteiger partial charge < -0.3 is 10.1 Å². The van der Waals surface area contributed by atoms with E-state index in [0.717, 1.165) is 35.9 Å². The van der Waals surface area contributed by atoms with Crippen LogP contribution in [0.1, 0.15) is 37.7 Å². The van der Waals surface area contributed by atoms with E-state index in [0.29, 0.717) is 12.5 Å². The van der Waals surface area contributed by atoms with Gasteiger partial charge in [-0.05, 0) is 31.1 Å². The minimum Gasteiger partial charge on any atom is -0.469 e. The van der Waals surface area contributed by atoms with Crippen molar-refractivity contribution in [2.24, 2.45) is 5.41 Å². The fourth-order valence-corrected chi connectivity index (χ4v) is 3.28. The molecule has 0 spiro atoms. The van der Waals surface area contributed by atoms with Crippen molar-refractivity contribution in [3.05, 3.63) is 18.0 Å². The number of ether oxygens (including phenoxy) is 1. The first-order valence-electron chi connectivity index (χ1n) is 7.43. The molecule has 3 rings (SSSR count). The van der Waals surface area contributed by atoms with Crippen LogP contribution < -0.4 is 5.32 Å². The zero-order chi connectivity index (χ0) is 14.7. The molecule has 0 radical (unpaired) electrons. The highest BCUT2D eigenvalue weighted by molar-refractivity contribution is 7.99. The number of carbonyl (C=O) groups excluding carboxylic acids is 1. The smallest absolute Gasteiger partial charge is 0.306 e. The highest BCUT2D eigenvalue weighted by Crippen LogP contribution is 2.51. The lowest BCUT2D eigenvalue weighted by molar-refractivity contribution is -0.141. The van der Waals surface area contributed by atoms with E-state index in [2.05, 4.69) is 15.3 Å². The van der Waals surface area contributed by atoms with E-state index in [4.69, 9.17) is 4.74 Å². The van der Waals surface area contributed by atoms with Gasteiger partial charge in [-0.25, -0.2) is 9.97 Å². The third-order valence-corrected chi connectivity index (χ3v) is 5.29. The highest BCUT2D eigenvalue weighted by atomic mass is 32.2. The summed E-state index contributed by atoms with van der Waals surface area (Å²) in [6.07, 6.45) is 9.07. The van der Waals surface area contributed by atoms with E-state index in [9.17, 15) is 4.79 Å². The average molecular weight is 307 g/mol. The SMILES string of the molecule is COC(=O)CC1(CSc2ncc(CNC3CC3)cn2)CC1. The molecule has 1 aromatic rings. The van der Waals surface area contributed by atoms with Crippen LogP contribution >= 0.6 is 11.8 Å². The third kappa shape index (κ3) is 4.41. The molecule has 2 saturated carbocycles. The molecule has 1 N–H and O–H groups in total. The Hall–Kier alpha value is -1.14. The molecule has 0 bridgehead atoms. The first kappa shape index (κ1) is 14.8. The van der Waals surface area contributed by atoms with Crippen molar-refractivity contribution in [1.82, 2.24) is 15.3 Å². The fourth-order valence-electron chi connectivity index (χ4n) is 2.20. The molecule has 0 unspecified atom stereocenters. The van der Waals surface area contributed by atoms with Crippen molar-refractivity contribution in [2.45, 2.75) is 49.8 Å². The molecule has 1 heterocycles. The van der Waals surface area contributed by atoms with Gasteiger partial charge in [-0.2, -0.15) is 0 Å². The van der Waals surface area contributed by atoms with Crippen molar-refractivity contribution < 1.29 is 9.53 Å². The molecule has 0 aromatic carbocycles. The Morgan fingerprint density at radius 3 is 2.71 bits per heavy atom. The third-order valence-electron chi connectivity index (χ3n) is 4.07. The number of methoxy groups -OCH3 is 1. The Labute approximate surface area is 129 Å².